The lowest BCUT2D eigenvalue weighted by Gasteiger charge is -2.25. The summed E-state index contributed by atoms with van der Waals surface area (Å²) in [6.07, 6.45) is 2.63. The van der Waals surface area contributed by atoms with Gasteiger partial charge in [0.2, 0.25) is 11.8 Å². The molecule has 0 aliphatic heterocycles. The fourth-order valence-electron chi connectivity index (χ4n) is 2.68. The van der Waals surface area contributed by atoms with Crippen LogP contribution in [0.3, 0.4) is 0 Å². The van der Waals surface area contributed by atoms with Crippen molar-refractivity contribution in [3.63, 3.8) is 0 Å². The van der Waals surface area contributed by atoms with Crippen molar-refractivity contribution in [2.24, 2.45) is 0 Å². The minimum absolute atomic E-state index is 0.0531. The molecule has 0 fully saturated rings. The molecule has 1 rings (SSSR count). The normalized spacial score (nSPS) is 11.6. The summed E-state index contributed by atoms with van der Waals surface area (Å²) in [6, 6.07) is 4.42. The van der Waals surface area contributed by atoms with E-state index >= 15 is 0 Å². The highest BCUT2D eigenvalue weighted by Crippen LogP contribution is 2.22. The summed E-state index contributed by atoms with van der Waals surface area (Å²) in [5.74, 6) is -0.488. The lowest BCUT2D eigenvalue weighted by molar-refractivity contribution is -0.121. The van der Waals surface area contributed by atoms with Crippen LogP contribution in [-0.4, -0.2) is 68.9 Å². The Labute approximate surface area is 169 Å². The van der Waals surface area contributed by atoms with Crippen LogP contribution in [0, 0.1) is 0 Å². The number of nitrogens with zero attached hydrogens (tertiary/aromatic N) is 1. The fraction of sp³-hybridized carbons (Fsp3) is 0.450. The van der Waals surface area contributed by atoms with Gasteiger partial charge in [-0.3, -0.25) is 19.3 Å². The van der Waals surface area contributed by atoms with Crippen LogP contribution in [-0.2, 0) is 30.5 Å². The van der Waals surface area contributed by atoms with E-state index in [4.69, 9.17) is 4.74 Å². The molecule has 2 N–H and O–H groups in total. The molecule has 0 saturated heterocycles. The average Bonchev–Trinajstić information content (AvgIpc) is 2.72. The van der Waals surface area contributed by atoms with Gasteiger partial charge in [0, 0.05) is 36.8 Å². The molecule has 0 aromatic heterocycles. The van der Waals surface area contributed by atoms with Gasteiger partial charge in [0.25, 0.3) is 0 Å². The molecule has 1 aromatic rings. The topological polar surface area (TPSA) is 122 Å². The molecule has 0 bridgehead atoms. The molecule has 2 amide bonds. The molecule has 0 aliphatic rings. The number of carbonyl (C=O) groups is 5. The third-order valence-electron chi connectivity index (χ3n) is 4.35. The van der Waals surface area contributed by atoms with E-state index in [9.17, 15) is 24.0 Å². The van der Waals surface area contributed by atoms with Gasteiger partial charge in [-0.05, 0) is 19.5 Å². The van der Waals surface area contributed by atoms with E-state index < -0.39 is 6.04 Å². The summed E-state index contributed by atoms with van der Waals surface area (Å²) >= 11 is 0. The van der Waals surface area contributed by atoms with E-state index in [-0.39, 0.29) is 44.4 Å². The largest absolute Gasteiger partial charge is 0.373 e. The van der Waals surface area contributed by atoms with Crippen molar-refractivity contribution in [2.45, 2.75) is 31.8 Å². The zero-order valence-electron chi connectivity index (χ0n) is 16.7. The zero-order chi connectivity index (χ0) is 21.6. The molecule has 0 heterocycles. The maximum absolute atomic E-state index is 12.1. The predicted octanol–water partition coefficient (Wildman–Crippen LogP) is 0.569. The molecule has 9 heteroatoms. The Morgan fingerprint density at radius 1 is 1.17 bits per heavy atom. The van der Waals surface area contributed by atoms with Crippen molar-refractivity contribution in [3.05, 3.63) is 29.3 Å². The molecule has 0 radical (unpaired) electrons. The number of ether oxygens (including phenoxy) is 1. The predicted molar refractivity (Wildman–Crippen MR) is 107 cm³/mol. The molecule has 1 aromatic carbocycles. The van der Waals surface area contributed by atoms with Gasteiger partial charge in [-0.15, -0.1) is 0 Å². The number of benzene rings is 1. The number of amides is 2. The summed E-state index contributed by atoms with van der Waals surface area (Å²) < 4.78 is 4.97. The van der Waals surface area contributed by atoms with Crippen molar-refractivity contribution < 1.29 is 28.7 Å². The smallest absolute Gasteiger partial charge is 0.226 e. The Morgan fingerprint density at radius 2 is 1.93 bits per heavy atom. The zero-order valence-corrected chi connectivity index (χ0v) is 16.7. The molecule has 1 unspecified atom stereocenters. The van der Waals surface area contributed by atoms with Crippen LogP contribution < -0.4 is 10.6 Å². The standard InChI is InChI=1S/C20H27N3O6/c1-21-19(27)7-6-16(14-26)23(2)12-17-15(13-25)4-3-5-18(17)22-20(28)8-10-29-11-9-24/h3-5,9,13-14,16H,6-8,10-12H2,1-2H3,(H,21,27)(H,22,28). The minimum Gasteiger partial charge on any atom is -0.373 e. The van der Waals surface area contributed by atoms with E-state index in [1.165, 1.54) is 7.05 Å². The Hall–Kier alpha value is -2.91. The van der Waals surface area contributed by atoms with E-state index in [1.807, 2.05) is 0 Å². The van der Waals surface area contributed by atoms with Gasteiger partial charge in [-0.25, -0.2) is 0 Å². The van der Waals surface area contributed by atoms with Gasteiger partial charge in [0.05, 0.1) is 19.1 Å². The number of hydrogen-bond donors (Lipinski definition) is 2. The summed E-state index contributed by atoms with van der Waals surface area (Å²) in [5, 5.41) is 5.25. The third kappa shape index (κ3) is 8.32. The van der Waals surface area contributed by atoms with Crippen LogP contribution in [0.1, 0.15) is 35.2 Å². The van der Waals surface area contributed by atoms with Crippen LogP contribution in [0.15, 0.2) is 18.2 Å². The van der Waals surface area contributed by atoms with Gasteiger partial charge in [0.15, 0.2) is 0 Å². The van der Waals surface area contributed by atoms with Crippen LogP contribution in [0.25, 0.3) is 0 Å². The van der Waals surface area contributed by atoms with Gasteiger partial charge in [0.1, 0.15) is 25.5 Å². The third-order valence-corrected chi connectivity index (χ3v) is 4.35. The Morgan fingerprint density at radius 3 is 2.55 bits per heavy atom. The van der Waals surface area contributed by atoms with E-state index in [2.05, 4.69) is 10.6 Å². The van der Waals surface area contributed by atoms with Crippen molar-refractivity contribution in [1.82, 2.24) is 10.2 Å². The summed E-state index contributed by atoms with van der Waals surface area (Å²) in [7, 11) is 3.24. The SMILES string of the molecule is CNC(=O)CCC(C=O)N(C)Cc1c(C=O)cccc1NC(=O)CCOCC=O. The molecule has 1 atom stereocenters. The fourth-order valence-corrected chi connectivity index (χ4v) is 2.68. The van der Waals surface area contributed by atoms with Crippen molar-refractivity contribution in [3.8, 4) is 0 Å². The summed E-state index contributed by atoms with van der Waals surface area (Å²) in [6.45, 7) is 0.246. The van der Waals surface area contributed by atoms with Crippen LogP contribution in [0.4, 0.5) is 5.69 Å². The first-order valence-corrected chi connectivity index (χ1v) is 9.21. The van der Waals surface area contributed by atoms with Crippen LogP contribution >= 0.6 is 0 Å². The average molecular weight is 405 g/mol. The van der Waals surface area contributed by atoms with Gasteiger partial charge in [-0.2, -0.15) is 0 Å². The van der Waals surface area contributed by atoms with Gasteiger partial charge in [-0.1, -0.05) is 12.1 Å². The van der Waals surface area contributed by atoms with E-state index in [0.29, 0.717) is 35.8 Å². The second-order valence-electron chi connectivity index (χ2n) is 6.36. The lowest BCUT2D eigenvalue weighted by Crippen LogP contribution is -2.34. The molecule has 0 spiro atoms. The van der Waals surface area contributed by atoms with Crippen LogP contribution in [0.5, 0.6) is 0 Å². The molecular weight excluding hydrogens is 378 g/mol. The van der Waals surface area contributed by atoms with E-state index in [0.717, 1.165) is 6.29 Å². The lowest BCUT2D eigenvalue weighted by atomic mass is 10.0. The second-order valence-corrected chi connectivity index (χ2v) is 6.36. The molecule has 9 nitrogen and oxygen atoms in total. The molecule has 0 saturated carbocycles. The molecular formula is C20H27N3O6. The van der Waals surface area contributed by atoms with Crippen molar-refractivity contribution >= 4 is 36.4 Å². The quantitative estimate of drug-likeness (QED) is 0.343. The Kier molecular flexibility index (Phi) is 11.1. The molecule has 0 aliphatic carbocycles. The number of rotatable bonds is 14. The molecule has 29 heavy (non-hydrogen) atoms. The van der Waals surface area contributed by atoms with Crippen molar-refractivity contribution in [1.29, 1.82) is 0 Å². The first-order valence-electron chi connectivity index (χ1n) is 9.21. The number of aldehydes is 3. The maximum atomic E-state index is 12.1. The highest BCUT2D eigenvalue weighted by Gasteiger charge is 2.19. The Balaban J connectivity index is 2.88. The monoisotopic (exact) mass is 405 g/mol. The number of carbonyl (C=O) groups excluding carboxylic acids is 5. The summed E-state index contributed by atoms with van der Waals surface area (Å²) in [5.41, 5.74) is 1.42. The Bertz CT molecular complexity index is 722. The number of anilines is 1. The van der Waals surface area contributed by atoms with Crippen LogP contribution in [0.2, 0.25) is 0 Å². The van der Waals surface area contributed by atoms with Gasteiger partial charge < -0.3 is 25.0 Å². The highest BCUT2D eigenvalue weighted by atomic mass is 16.5. The van der Waals surface area contributed by atoms with E-state index in [1.54, 1.807) is 30.1 Å². The second kappa shape index (κ2) is 13.3. The first-order chi connectivity index (χ1) is 14.0. The number of nitrogens with one attached hydrogen (secondary N) is 2. The molecule has 158 valence electrons. The maximum Gasteiger partial charge on any atom is 0.226 e. The van der Waals surface area contributed by atoms with Crippen molar-refractivity contribution in [2.75, 3.05) is 32.6 Å². The first kappa shape index (κ1) is 24.1. The highest BCUT2D eigenvalue weighted by molar-refractivity contribution is 5.93. The minimum atomic E-state index is -0.521. The number of likely N-dealkylation sites (N-methyl/N-ethyl adjacent to an activating group) is 1. The van der Waals surface area contributed by atoms with Gasteiger partial charge >= 0.3 is 0 Å². The number of hydrogen-bond acceptors (Lipinski definition) is 7. The summed E-state index contributed by atoms with van der Waals surface area (Å²) in [4.78, 5) is 58.5.